The smallest absolute Gasteiger partial charge is 0.287 e. The molecule has 0 spiro atoms. The monoisotopic (exact) mass is 674 g/mol. The number of ether oxygens (including phenoxy) is 1. The average Bonchev–Trinajstić information content (AvgIpc) is 3.60. The van der Waals surface area contributed by atoms with Crippen molar-refractivity contribution in [3.8, 4) is 28.9 Å². The highest BCUT2D eigenvalue weighted by atomic mass is 79.9. The van der Waals surface area contributed by atoms with Crippen molar-refractivity contribution in [2.75, 3.05) is 0 Å². The van der Waals surface area contributed by atoms with Gasteiger partial charge in [0.05, 0.1) is 22.0 Å². The van der Waals surface area contributed by atoms with Gasteiger partial charge >= 0.3 is 0 Å². The van der Waals surface area contributed by atoms with Gasteiger partial charge < -0.3 is 13.7 Å². The predicted octanol–water partition coefficient (Wildman–Crippen LogP) is 7.96. The van der Waals surface area contributed by atoms with E-state index in [2.05, 4.69) is 30.6 Å². The number of halogens is 1. The van der Waals surface area contributed by atoms with Gasteiger partial charge in [-0.2, -0.15) is 9.78 Å². The Hall–Kier alpha value is -5.88. The molecule has 4 aromatic heterocycles. The SMILES string of the molecule is Cc1cc(C=Nn2c(-c3cc4cc(Br)ccc4o3)nc3ccccc3c2=O)c(C)n1-c1ccc(Oc2ccc([N+](=O)[O-])cn2)cc1. The van der Waals surface area contributed by atoms with Crippen LogP contribution < -0.4 is 10.3 Å². The standard InChI is InChI=1S/C34H23BrN6O5/c1-20-15-23(21(2)39(20)25-8-11-27(12-9-25)45-32-14-10-26(19-36-32)41(43)44)18-37-40-33(38-29-6-4-3-5-28(29)34(40)42)31-17-22-16-24(35)7-13-30(22)46-31/h3-19H,1-2H3. The van der Waals surface area contributed by atoms with Crippen LogP contribution in [0.25, 0.3) is 39.1 Å². The third kappa shape index (κ3) is 5.35. The van der Waals surface area contributed by atoms with Crippen LogP contribution in [-0.4, -0.2) is 30.3 Å². The van der Waals surface area contributed by atoms with Gasteiger partial charge in [0, 0.05) is 44.6 Å². The number of para-hydroxylation sites is 1. The molecule has 0 aliphatic rings. The van der Waals surface area contributed by atoms with Crippen LogP contribution in [0.15, 0.2) is 116 Å². The van der Waals surface area contributed by atoms with Crippen molar-refractivity contribution in [3.05, 3.63) is 139 Å². The summed E-state index contributed by atoms with van der Waals surface area (Å²) in [7, 11) is 0. The largest absolute Gasteiger partial charge is 0.453 e. The number of nitro groups is 1. The Morgan fingerprint density at radius 2 is 1.80 bits per heavy atom. The van der Waals surface area contributed by atoms with Crippen LogP contribution in [0, 0.1) is 24.0 Å². The van der Waals surface area contributed by atoms with Crippen molar-refractivity contribution < 1.29 is 14.1 Å². The molecule has 0 amide bonds. The first-order valence-corrected chi connectivity index (χ1v) is 14.9. The third-order valence-corrected chi connectivity index (χ3v) is 7.98. The quantitative estimate of drug-likeness (QED) is 0.0952. The van der Waals surface area contributed by atoms with Gasteiger partial charge in [-0.15, -0.1) is 0 Å². The molecular weight excluding hydrogens is 652 g/mol. The number of aromatic nitrogens is 4. The van der Waals surface area contributed by atoms with Gasteiger partial charge in [0.25, 0.3) is 11.2 Å². The minimum Gasteiger partial charge on any atom is -0.453 e. The van der Waals surface area contributed by atoms with E-state index < -0.39 is 4.92 Å². The first-order valence-electron chi connectivity index (χ1n) is 14.1. The Bertz CT molecular complexity index is 2370. The number of hydrogen-bond acceptors (Lipinski definition) is 8. The highest BCUT2D eigenvalue weighted by Gasteiger charge is 2.17. The van der Waals surface area contributed by atoms with Crippen molar-refractivity contribution in [2.45, 2.75) is 13.8 Å². The van der Waals surface area contributed by atoms with Crippen molar-refractivity contribution in [1.82, 2.24) is 19.2 Å². The maximum Gasteiger partial charge on any atom is 0.287 e. The topological polar surface area (TPSA) is 131 Å². The molecule has 0 bridgehead atoms. The van der Waals surface area contributed by atoms with Gasteiger partial charge in [0.15, 0.2) is 5.76 Å². The van der Waals surface area contributed by atoms with Gasteiger partial charge in [0.1, 0.15) is 17.5 Å². The summed E-state index contributed by atoms with van der Waals surface area (Å²) in [5, 5.41) is 16.8. The summed E-state index contributed by atoms with van der Waals surface area (Å²) in [6.07, 6.45) is 2.80. The molecule has 0 saturated carbocycles. The summed E-state index contributed by atoms with van der Waals surface area (Å²) in [4.78, 5) is 32.8. The van der Waals surface area contributed by atoms with Crippen LogP contribution in [0.1, 0.15) is 17.0 Å². The molecule has 46 heavy (non-hydrogen) atoms. The van der Waals surface area contributed by atoms with Crippen LogP contribution in [-0.2, 0) is 0 Å². The summed E-state index contributed by atoms with van der Waals surface area (Å²) in [6, 6.07) is 26.9. The van der Waals surface area contributed by atoms with E-state index in [0.29, 0.717) is 33.8 Å². The summed E-state index contributed by atoms with van der Waals surface area (Å²) in [6.45, 7) is 3.95. The van der Waals surface area contributed by atoms with E-state index in [1.807, 2.05) is 62.4 Å². The van der Waals surface area contributed by atoms with Gasteiger partial charge in [-0.3, -0.25) is 14.9 Å². The Balaban J connectivity index is 1.22. The molecule has 0 aliphatic heterocycles. The molecule has 7 rings (SSSR count). The van der Waals surface area contributed by atoms with E-state index in [-0.39, 0.29) is 17.1 Å². The molecular formula is C34H23BrN6O5. The molecule has 226 valence electrons. The van der Waals surface area contributed by atoms with Gasteiger partial charge in [-0.05, 0) is 80.6 Å². The molecule has 7 aromatic rings. The second kappa shape index (κ2) is 11.6. The summed E-state index contributed by atoms with van der Waals surface area (Å²) >= 11 is 3.50. The highest BCUT2D eigenvalue weighted by molar-refractivity contribution is 9.10. The van der Waals surface area contributed by atoms with E-state index >= 15 is 0 Å². The van der Waals surface area contributed by atoms with Crippen molar-refractivity contribution in [1.29, 1.82) is 0 Å². The second-order valence-corrected chi connectivity index (χ2v) is 11.4. The predicted molar refractivity (Wildman–Crippen MR) is 178 cm³/mol. The van der Waals surface area contributed by atoms with Gasteiger partial charge in [-0.25, -0.2) is 9.97 Å². The molecule has 3 aromatic carbocycles. The fourth-order valence-corrected chi connectivity index (χ4v) is 5.65. The summed E-state index contributed by atoms with van der Waals surface area (Å²) < 4.78 is 16.1. The Morgan fingerprint density at radius 3 is 2.57 bits per heavy atom. The van der Waals surface area contributed by atoms with Crippen molar-refractivity contribution in [2.24, 2.45) is 5.10 Å². The number of rotatable bonds is 7. The van der Waals surface area contributed by atoms with Crippen molar-refractivity contribution >= 4 is 49.7 Å². The van der Waals surface area contributed by atoms with Crippen LogP contribution in [0.5, 0.6) is 11.6 Å². The van der Waals surface area contributed by atoms with E-state index in [1.165, 1.54) is 16.8 Å². The summed E-state index contributed by atoms with van der Waals surface area (Å²) in [5.74, 6) is 1.49. The number of nitrogens with zero attached hydrogens (tertiary/aromatic N) is 6. The zero-order valence-electron chi connectivity index (χ0n) is 24.4. The van der Waals surface area contributed by atoms with Crippen LogP contribution in [0.2, 0.25) is 0 Å². The molecule has 0 atom stereocenters. The lowest BCUT2D eigenvalue weighted by Gasteiger charge is -2.11. The van der Waals surface area contributed by atoms with Gasteiger partial charge in [0.2, 0.25) is 11.7 Å². The maximum atomic E-state index is 13.7. The maximum absolute atomic E-state index is 13.7. The number of pyridine rings is 1. The van der Waals surface area contributed by atoms with Crippen LogP contribution in [0.4, 0.5) is 5.69 Å². The normalized spacial score (nSPS) is 11.5. The van der Waals surface area contributed by atoms with E-state index in [1.54, 1.807) is 36.5 Å². The average molecular weight is 675 g/mol. The molecule has 11 nitrogen and oxygen atoms in total. The highest BCUT2D eigenvalue weighted by Crippen LogP contribution is 2.30. The van der Waals surface area contributed by atoms with E-state index in [9.17, 15) is 14.9 Å². The van der Waals surface area contributed by atoms with E-state index in [4.69, 9.17) is 14.1 Å². The Morgan fingerprint density at radius 1 is 1.00 bits per heavy atom. The lowest BCUT2D eigenvalue weighted by Crippen LogP contribution is -2.20. The minimum atomic E-state index is -0.512. The van der Waals surface area contributed by atoms with Gasteiger partial charge in [-0.1, -0.05) is 28.1 Å². The molecule has 0 N–H and O–H groups in total. The first kappa shape index (κ1) is 28.9. The molecule has 0 fully saturated rings. The minimum absolute atomic E-state index is 0.110. The number of benzene rings is 3. The lowest BCUT2D eigenvalue weighted by molar-refractivity contribution is -0.385. The second-order valence-electron chi connectivity index (χ2n) is 10.5. The summed E-state index contributed by atoms with van der Waals surface area (Å²) in [5.41, 5.74) is 4.35. The number of hydrogen-bond donors (Lipinski definition) is 0. The molecule has 0 aliphatic carbocycles. The molecule has 4 heterocycles. The Kier molecular flexibility index (Phi) is 7.26. The van der Waals surface area contributed by atoms with E-state index in [0.717, 1.165) is 38.7 Å². The number of fused-ring (bicyclic) bond motifs is 2. The molecule has 0 saturated heterocycles. The third-order valence-electron chi connectivity index (χ3n) is 7.48. The number of furan rings is 1. The van der Waals surface area contributed by atoms with Crippen LogP contribution >= 0.6 is 15.9 Å². The van der Waals surface area contributed by atoms with Crippen LogP contribution in [0.3, 0.4) is 0 Å². The fraction of sp³-hybridized carbons (Fsp3) is 0.0588. The zero-order chi connectivity index (χ0) is 31.9. The molecule has 12 heteroatoms. The fourth-order valence-electron chi connectivity index (χ4n) is 5.28. The molecule has 0 unspecified atom stereocenters. The zero-order valence-corrected chi connectivity index (χ0v) is 26.0. The molecule has 0 radical (unpaired) electrons. The first-order chi connectivity index (χ1) is 22.2. The van der Waals surface area contributed by atoms with Crippen molar-refractivity contribution in [3.63, 3.8) is 0 Å². The number of aryl methyl sites for hydroxylation is 1. The Labute approximate surface area is 269 Å². The lowest BCUT2D eigenvalue weighted by atomic mass is 10.2.